The second kappa shape index (κ2) is 5.72. The molecule has 1 heterocycles. The van der Waals surface area contributed by atoms with Crippen molar-refractivity contribution in [3.63, 3.8) is 0 Å². The first-order chi connectivity index (χ1) is 9.06. The summed E-state index contributed by atoms with van der Waals surface area (Å²) in [6, 6.07) is 6.02. The summed E-state index contributed by atoms with van der Waals surface area (Å²) < 4.78 is 1.82. The normalized spacial score (nSPS) is 12.7. The summed E-state index contributed by atoms with van der Waals surface area (Å²) >= 11 is 6.28. The molecule has 0 aliphatic rings. The zero-order valence-corrected chi connectivity index (χ0v) is 12.5. The Morgan fingerprint density at radius 1 is 1.37 bits per heavy atom. The third-order valence-electron chi connectivity index (χ3n) is 3.25. The molecule has 19 heavy (non-hydrogen) atoms. The van der Waals surface area contributed by atoms with Crippen LogP contribution in [0.3, 0.4) is 0 Å². The fraction of sp³-hybridized carbons (Fsp3) is 0.429. The van der Waals surface area contributed by atoms with Crippen molar-refractivity contribution < 1.29 is 0 Å². The zero-order valence-electron chi connectivity index (χ0n) is 11.7. The number of aryl methyl sites for hydroxylation is 1. The average Bonchev–Trinajstić information content (AvgIpc) is 2.72. The molecule has 102 valence electrons. The van der Waals surface area contributed by atoms with Crippen LogP contribution in [0.25, 0.3) is 5.69 Å². The summed E-state index contributed by atoms with van der Waals surface area (Å²) in [5, 5.41) is 12.6. The molecule has 0 bridgehead atoms. The highest BCUT2D eigenvalue weighted by Crippen LogP contribution is 2.26. The SMILES string of the molecule is CCNC(C)c1nnn(-c2c(C)cccc2Cl)c1C. The van der Waals surface area contributed by atoms with Crippen LogP contribution in [-0.4, -0.2) is 21.5 Å². The number of nitrogens with zero attached hydrogens (tertiary/aromatic N) is 3. The van der Waals surface area contributed by atoms with Gasteiger partial charge in [0.1, 0.15) is 5.69 Å². The number of hydrogen-bond donors (Lipinski definition) is 1. The highest BCUT2D eigenvalue weighted by Gasteiger charge is 2.17. The molecule has 5 heteroatoms. The minimum Gasteiger partial charge on any atom is -0.309 e. The van der Waals surface area contributed by atoms with E-state index in [-0.39, 0.29) is 6.04 Å². The first kappa shape index (κ1) is 14.0. The molecular formula is C14H19ClN4. The Hall–Kier alpha value is -1.39. The molecule has 1 unspecified atom stereocenters. The molecule has 1 aromatic heterocycles. The number of rotatable bonds is 4. The van der Waals surface area contributed by atoms with E-state index >= 15 is 0 Å². The topological polar surface area (TPSA) is 42.7 Å². The smallest absolute Gasteiger partial charge is 0.103 e. The van der Waals surface area contributed by atoms with E-state index in [0.29, 0.717) is 5.02 Å². The Morgan fingerprint density at radius 2 is 2.11 bits per heavy atom. The zero-order chi connectivity index (χ0) is 14.0. The molecule has 0 spiro atoms. The molecule has 0 saturated carbocycles. The molecule has 0 saturated heterocycles. The van der Waals surface area contributed by atoms with Crippen LogP contribution in [-0.2, 0) is 0 Å². The van der Waals surface area contributed by atoms with Crippen LogP contribution in [0.1, 0.15) is 36.8 Å². The van der Waals surface area contributed by atoms with Gasteiger partial charge in [0.25, 0.3) is 0 Å². The van der Waals surface area contributed by atoms with Crippen molar-refractivity contribution in [2.45, 2.75) is 33.7 Å². The number of hydrogen-bond acceptors (Lipinski definition) is 3. The maximum absolute atomic E-state index is 6.28. The van der Waals surface area contributed by atoms with Gasteiger partial charge >= 0.3 is 0 Å². The number of benzene rings is 1. The van der Waals surface area contributed by atoms with Gasteiger partial charge in [-0.2, -0.15) is 0 Å². The number of halogens is 1. The number of nitrogens with one attached hydrogen (secondary N) is 1. The van der Waals surface area contributed by atoms with Gasteiger partial charge < -0.3 is 5.32 Å². The third kappa shape index (κ3) is 2.65. The van der Waals surface area contributed by atoms with Crippen LogP contribution < -0.4 is 5.32 Å². The van der Waals surface area contributed by atoms with Gasteiger partial charge in [0.15, 0.2) is 0 Å². The van der Waals surface area contributed by atoms with Crippen molar-refractivity contribution in [3.05, 3.63) is 40.2 Å². The quantitative estimate of drug-likeness (QED) is 0.934. The Kier molecular flexibility index (Phi) is 4.22. The van der Waals surface area contributed by atoms with E-state index < -0.39 is 0 Å². The molecule has 0 aliphatic carbocycles. The fourth-order valence-corrected chi connectivity index (χ4v) is 2.55. The van der Waals surface area contributed by atoms with E-state index in [1.54, 1.807) is 0 Å². The highest BCUT2D eigenvalue weighted by atomic mass is 35.5. The van der Waals surface area contributed by atoms with Gasteiger partial charge in [-0.1, -0.05) is 35.9 Å². The van der Waals surface area contributed by atoms with Gasteiger partial charge in [0.05, 0.1) is 22.4 Å². The van der Waals surface area contributed by atoms with Crippen molar-refractivity contribution >= 4 is 11.6 Å². The van der Waals surface area contributed by atoms with E-state index in [4.69, 9.17) is 11.6 Å². The van der Waals surface area contributed by atoms with Gasteiger partial charge in [0.2, 0.25) is 0 Å². The first-order valence-electron chi connectivity index (χ1n) is 6.47. The number of para-hydroxylation sites is 1. The van der Waals surface area contributed by atoms with Gasteiger partial charge in [0, 0.05) is 0 Å². The maximum atomic E-state index is 6.28. The van der Waals surface area contributed by atoms with Crippen molar-refractivity contribution in [3.8, 4) is 5.69 Å². The number of aromatic nitrogens is 3. The summed E-state index contributed by atoms with van der Waals surface area (Å²) in [4.78, 5) is 0. The summed E-state index contributed by atoms with van der Waals surface area (Å²) in [5.74, 6) is 0. The molecule has 2 rings (SSSR count). The van der Waals surface area contributed by atoms with Crippen LogP contribution >= 0.6 is 11.6 Å². The van der Waals surface area contributed by atoms with Gasteiger partial charge in [-0.25, -0.2) is 4.68 Å². The Morgan fingerprint density at radius 3 is 2.74 bits per heavy atom. The second-order valence-electron chi connectivity index (χ2n) is 4.66. The molecule has 1 N–H and O–H groups in total. The molecule has 0 amide bonds. The van der Waals surface area contributed by atoms with E-state index in [1.807, 2.05) is 36.7 Å². The van der Waals surface area contributed by atoms with Crippen LogP contribution in [0.4, 0.5) is 0 Å². The molecule has 0 fully saturated rings. The Balaban J connectivity index is 2.48. The summed E-state index contributed by atoms with van der Waals surface area (Å²) in [6.45, 7) is 9.11. The molecule has 1 atom stereocenters. The molecule has 4 nitrogen and oxygen atoms in total. The van der Waals surface area contributed by atoms with Crippen LogP contribution in [0.2, 0.25) is 5.02 Å². The van der Waals surface area contributed by atoms with Crippen molar-refractivity contribution in [1.82, 2.24) is 20.3 Å². The molecule has 0 radical (unpaired) electrons. The van der Waals surface area contributed by atoms with E-state index in [0.717, 1.165) is 29.2 Å². The standard InChI is InChI=1S/C14H19ClN4/c1-5-16-10(3)13-11(4)19(18-17-13)14-9(2)7-6-8-12(14)15/h6-8,10,16H,5H2,1-4H3. The Bertz CT molecular complexity index is 557. The summed E-state index contributed by atoms with van der Waals surface area (Å²) in [6.07, 6.45) is 0. The third-order valence-corrected chi connectivity index (χ3v) is 3.56. The molecule has 2 aromatic rings. The lowest BCUT2D eigenvalue weighted by Crippen LogP contribution is -2.19. The van der Waals surface area contributed by atoms with E-state index in [9.17, 15) is 0 Å². The van der Waals surface area contributed by atoms with E-state index in [2.05, 4.69) is 29.5 Å². The van der Waals surface area contributed by atoms with Gasteiger partial charge in [-0.15, -0.1) is 5.10 Å². The molecular weight excluding hydrogens is 260 g/mol. The minimum absolute atomic E-state index is 0.182. The predicted octanol–water partition coefficient (Wildman–Crippen LogP) is 3.21. The molecule has 0 aliphatic heterocycles. The predicted molar refractivity (Wildman–Crippen MR) is 77.9 cm³/mol. The van der Waals surface area contributed by atoms with Crippen LogP contribution in [0, 0.1) is 13.8 Å². The van der Waals surface area contributed by atoms with E-state index in [1.165, 1.54) is 0 Å². The average molecular weight is 279 g/mol. The summed E-state index contributed by atoms with van der Waals surface area (Å²) in [5.41, 5.74) is 3.97. The van der Waals surface area contributed by atoms with Crippen LogP contribution in [0.5, 0.6) is 0 Å². The second-order valence-corrected chi connectivity index (χ2v) is 5.06. The largest absolute Gasteiger partial charge is 0.309 e. The lowest BCUT2D eigenvalue weighted by atomic mass is 10.1. The fourth-order valence-electron chi connectivity index (χ4n) is 2.25. The maximum Gasteiger partial charge on any atom is 0.103 e. The highest BCUT2D eigenvalue weighted by molar-refractivity contribution is 6.32. The van der Waals surface area contributed by atoms with Crippen molar-refractivity contribution in [2.75, 3.05) is 6.54 Å². The van der Waals surface area contributed by atoms with Crippen molar-refractivity contribution in [2.24, 2.45) is 0 Å². The van der Waals surface area contributed by atoms with Crippen molar-refractivity contribution in [1.29, 1.82) is 0 Å². The molecule has 1 aromatic carbocycles. The lowest BCUT2D eigenvalue weighted by Gasteiger charge is -2.12. The Labute approximate surface area is 118 Å². The lowest BCUT2D eigenvalue weighted by molar-refractivity contribution is 0.579. The van der Waals surface area contributed by atoms with Gasteiger partial charge in [-0.3, -0.25) is 0 Å². The summed E-state index contributed by atoms with van der Waals surface area (Å²) in [7, 11) is 0. The first-order valence-corrected chi connectivity index (χ1v) is 6.85. The van der Waals surface area contributed by atoms with Gasteiger partial charge in [-0.05, 0) is 38.9 Å². The monoisotopic (exact) mass is 278 g/mol. The minimum atomic E-state index is 0.182. The van der Waals surface area contributed by atoms with Crippen LogP contribution in [0.15, 0.2) is 18.2 Å².